The molecule has 0 saturated carbocycles. The fourth-order valence-electron chi connectivity index (χ4n) is 0.901. The number of rotatable bonds is 4. The summed E-state index contributed by atoms with van der Waals surface area (Å²) >= 11 is 1.73. The molecule has 0 fully saturated rings. The molecule has 0 N–H and O–H groups in total. The van der Waals surface area contributed by atoms with Crippen LogP contribution in [-0.4, -0.2) is 12.0 Å². The second kappa shape index (κ2) is 5.07. The molecular weight excluding hydrogens is 180 g/mol. The van der Waals surface area contributed by atoms with E-state index in [1.165, 1.54) is 10.5 Å². The van der Waals surface area contributed by atoms with Gasteiger partial charge < -0.3 is 4.79 Å². The third-order valence-corrected chi connectivity index (χ3v) is 3.06. The summed E-state index contributed by atoms with van der Waals surface area (Å²) in [6, 6.07) is 8.37. The van der Waals surface area contributed by atoms with Crippen LogP contribution in [0.1, 0.15) is 12.5 Å². The van der Waals surface area contributed by atoms with Crippen molar-refractivity contribution in [3.63, 3.8) is 0 Å². The van der Waals surface area contributed by atoms with Crippen molar-refractivity contribution in [2.75, 3.05) is 5.75 Å². The van der Waals surface area contributed by atoms with Gasteiger partial charge in [0.05, 0.1) is 0 Å². The zero-order chi connectivity index (χ0) is 9.68. The Morgan fingerprint density at radius 3 is 2.54 bits per heavy atom. The van der Waals surface area contributed by atoms with Gasteiger partial charge in [-0.25, -0.2) is 0 Å². The average Bonchev–Trinajstić information content (AvgIpc) is 2.16. The highest BCUT2D eigenvalue weighted by molar-refractivity contribution is 7.99. The fourth-order valence-corrected chi connectivity index (χ4v) is 1.76. The first kappa shape index (κ1) is 10.3. The van der Waals surface area contributed by atoms with Gasteiger partial charge >= 0.3 is 0 Å². The van der Waals surface area contributed by atoms with Crippen molar-refractivity contribution in [2.24, 2.45) is 5.92 Å². The number of hydrogen-bond donors (Lipinski definition) is 0. The number of aryl methyl sites for hydroxylation is 1. The maximum Gasteiger partial charge on any atom is 0.123 e. The Morgan fingerprint density at radius 1 is 1.38 bits per heavy atom. The molecule has 1 aromatic rings. The van der Waals surface area contributed by atoms with Crippen LogP contribution in [0.5, 0.6) is 0 Å². The van der Waals surface area contributed by atoms with E-state index in [-0.39, 0.29) is 5.92 Å². The molecule has 2 heteroatoms. The molecule has 0 aliphatic rings. The Kier molecular flexibility index (Phi) is 4.03. The molecule has 0 bridgehead atoms. The van der Waals surface area contributed by atoms with Crippen molar-refractivity contribution in [3.05, 3.63) is 29.8 Å². The first-order chi connectivity index (χ1) is 6.22. The van der Waals surface area contributed by atoms with E-state index in [2.05, 4.69) is 31.2 Å². The lowest BCUT2D eigenvalue weighted by atomic mass is 10.2. The van der Waals surface area contributed by atoms with Crippen LogP contribution in [0, 0.1) is 12.8 Å². The summed E-state index contributed by atoms with van der Waals surface area (Å²) in [6.07, 6.45) is 1.00. The molecule has 1 nitrogen and oxygen atoms in total. The summed E-state index contributed by atoms with van der Waals surface area (Å²) in [7, 11) is 0. The Hall–Kier alpha value is -0.760. The third kappa shape index (κ3) is 3.64. The molecular formula is C11H14OS. The summed E-state index contributed by atoms with van der Waals surface area (Å²) in [5.74, 6) is 1.01. The van der Waals surface area contributed by atoms with Gasteiger partial charge in [0, 0.05) is 16.6 Å². The number of carbonyl (C=O) groups is 1. The highest BCUT2D eigenvalue weighted by Gasteiger charge is 2.00. The van der Waals surface area contributed by atoms with E-state index in [1.54, 1.807) is 11.8 Å². The molecule has 1 atom stereocenters. The van der Waals surface area contributed by atoms with E-state index in [0.717, 1.165) is 12.0 Å². The lowest BCUT2D eigenvalue weighted by molar-refractivity contribution is -0.110. The largest absolute Gasteiger partial charge is 0.303 e. The van der Waals surface area contributed by atoms with Crippen LogP contribution in [0.4, 0.5) is 0 Å². The van der Waals surface area contributed by atoms with Crippen molar-refractivity contribution >= 4 is 18.0 Å². The molecule has 1 aromatic carbocycles. The topological polar surface area (TPSA) is 17.1 Å². The van der Waals surface area contributed by atoms with Gasteiger partial charge in [-0.2, -0.15) is 0 Å². The minimum Gasteiger partial charge on any atom is -0.303 e. The number of hydrogen-bond acceptors (Lipinski definition) is 2. The molecule has 0 aromatic heterocycles. The lowest BCUT2D eigenvalue weighted by Crippen LogP contribution is -1.98. The summed E-state index contributed by atoms with van der Waals surface area (Å²) in [6.45, 7) is 4.01. The van der Waals surface area contributed by atoms with Gasteiger partial charge in [-0.05, 0) is 19.1 Å². The maximum absolute atomic E-state index is 10.4. The average molecular weight is 194 g/mol. The summed E-state index contributed by atoms with van der Waals surface area (Å²) < 4.78 is 0. The quantitative estimate of drug-likeness (QED) is 0.541. The first-order valence-corrected chi connectivity index (χ1v) is 5.35. The molecule has 0 saturated heterocycles. The highest BCUT2D eigenvalue weighted by atomic mass is 32.2. The van der Waals surface area contributed by atoms with E-state index >= 15 is 0 Å². The molecule has 0 spiro atoms. The van der Waals surface area contributed by atoms with Crippen LogP contribution in [-0.2, 0) is 4.79 Å². The van der Waals surface area contributed by atoms with Crippen LogP contribution in [0.25, 0.3) is 0 Å². The van der Waals surface area contributed by atoms with E-state index in [9.17, 15) is 4.79 Å². The molecule has 0 amide bonds. The number of aldehydes is 1. The van der Waals surface area contributed by atoms with Crippen molar-refractivity contribution < 1.29 is 4.79 Å². The molecule has 1 rings (SSSR count). The number of benzene rings is 1. The Balaban J connectivity index is 2.45. The molecule has 0 radical (unpaired) electrons. The number of thioether (sulfide) groups is 1. The smallest absolute Gasteiger partial charge is 0.123 e. The van der Waals surface area contributed by atoms with E-state index in [1.807, 2.05) is 6.92 Å². The van der Waals surface area contributed by atoms with Crippen LogP contribution in [0.3, 0.4) is 0 Å². The Bertz CT molecular complexity index is 266. The standard InChI is InChI=1S/C11H14OS/c1-9-3-5-11(6-4-9)13-8-10(2)7-12/h3-7,10H,8H2,1-2H3. The second-order valence-electron chi connectivity index (χ2n) is 3.24. The number of carbonyl (C=O) groups excluding carboxylic acids is 1. The van der Waals surface area contributed by atoms with Gasteiger partial charge in [-0.15, -0.1) is 11.8 Å². The van der Waals surface area contributed by atoms with Gasteiger partial charge in [0.1, 0.15) is 6.29 Å². The SMILES string of the molecule is Cc1ccc(SCC(C)C=O)cc1. The van der Waals surface area contributed by atoms with Gasteiger partial charge in [-0.3, -0.25) is 0 Å². The predicted molar refractivity (Wildman–Crippen MR) is 57.1 cm³/mol. The lowest BCUT2D eigenvalue weighted by Gasteiger charge is -2.03. The maximum atomic E-state index is 10.4. The summed E-state index contributed by atoms with van der Waals surface area (Å²) in [4.78, 5) is 11.6. The van der Waals surface area contributed by atoms with E-state index in [4.69, 9.17) is 0 Å². The van der Waals surface area contributed by atoms with E-state index in [0.29, 0.717) is 0 Å². The van der Waals surface area contributed by atoms with Crippen LogP contribution in [0.2, 0.25) is 0 Å². The van der Waals surface area contributed by atoms with Gasteiger partial charge in [0.15, 0.2) is 0 Å². The Morgan fingerprint density at radius 2 is 2.00 bits per heavy atom. The van der Waals surface area contributed by atoms with Crippen LogP contribution < -0.4 is 0 Å². The normalized spacial score (nSPS) is 12.5. The predicted octanol–water partition coefficient (Wildman–Crippen LogP) is 2.92. The van der Waals surface area contributed by atoms with Crippen molar-refractivity contribution in [2.45, 2.75) is 18.7 Å². The molecule has 0 aliphatic carbocycles. The molecule has 0 aliphatic heterocycles. The fraction of sp³-hybridized carbons (Fsp3) is 0.364. The summed E-state index contributed by atoms with van der Waals surface area (Å²) in [5, 5.41) is 0. The minimum atomic E-state index is 0.145. The summed E-state index contributed by atoms with van der Waals surface area (Å²) in [5.41, 5.74) is 1.27. The molecule has 13 heavy (non-hydrogen) atoms. The zero-order valence-corrected chi connectivity index (χ0v) is 8.80. The first-order valence-electron chi connectivity index (χ1n) is 4.37. The zero-order valence-electron chi connectivity index (χ0n) is 7.99. The van der Waals surface area contributed by atoms with Crippen molar-refractivity contribution in [3.8, 4) is 0 Å². The van der Waals surface area contributed by atoms with Gasteiger partial charge in [-0.1, -0.05) is 24.6 Å². The van der Waals surface area contributed by atoms with E-state index < -0.39 is 0 Å². The van der Waals surface area contributed by atoms with Crippen molar-refractivity contribution in [1.82, 2.24) is 0 Å². The molecule has 70 valence electrons. The third-order valence-electron chi connectivity index (χ3n) is 1.77. The molecule has 0 heterocycles. The Labute approximate surface area is 83.5 Å². The highest BCUT2D eigenvalue weighted by Crippen LogP contribution is 2.20. The van der Waals surface area contributed by atoms with Crippen LogP contribution >= 0.6 is 11.8 Å². The monoisotopic (exact) mass is 194 g/mol. The molecule has 1 unspecified atom stereocenters. The van der Waals surface area contributed by atoms with Crippen molar-refractivity contribution in [1.29, 1.82) is 0 Å². The van der Waals surface area contributed by atoms with Crippen LogP contribution in [0.15, 0.2) is 29.2 Å². The van der Waals surface area contributed by atoms with Gasteiger partial charge in [0.25, 0.3) is 0 Å². The van der Waals surface area contributed by atoms with Gasteiger partial charge in [0.2, 0.25) is 0 Å². The second-order valence-corrected chi connectivity index (χ2v) is 4.33. The minimum absolute atomic E-state index is 0.145.